The smallest absolute Gasteiger partial charge is 0.254 e. The van der Waals surface area contributed by atoms with Gasteiger partial charge in [0.15, 0.2) is 0 Å². The molecule has 0 spiro atoms. The Morgan fingerprint density at radius 3 is 3.06 bits per heavy atom. The van der Waals surface area contributed by atoms with Crippen molar-refractivity contribution in [2.45, 2.75) is 20.0 Å². The van der Waals surface area contributed by atoms with Crippen molar-refractivity contribution in [1.82, 2.24) is 24.9 Å². The first kappa shape index (κ1) is 11.5. The van der Waals surface area contributed by atoms with Crippen molar-refractivity contribution < 1.29 is 9.90 Å². The quantitative estimate of drug-likeness (QED) is 0.751. The van der Waals surface area contributed by atoms with Gasteiger partial charge in [0.1, 0.15) is 6.33 Å². The van der Waals surface area contributed by atoms with E-state index in [-0.39, 0.29) is 12.5 Å². The molecule has 0 saturated carbocycles. The fraction of sp³-hybridized carbons (Fsp3) is 0.400. The maximum absolute atomic E-state index is 11.8. The SMILES string of the molecule is Cc1c(C(=O)NCC(C)O)cnc2ncnn12. The van der Waals surface area contributed by atoms with Gasteiger partial charge in [-0.15, -0.1) is 0 Å². The Bertz CT molecular complexity index is 549. The highest BCUT2D eigenvalue weighted by molar-refractivity contribution is 5.95. The molecule has 2 N–H and O–H groups in total. The summed E-state index contributed by atoms with van der Waals surface area (Å²) in [6.07, 6.45) is 2.26. The summed E-state index contributed by atoms with van der Waals surface area (Å²) in [6.45, 7) is 3.57. The third-order valence-electron chi connectivity index (χ3n) is 2.35. The average molecular weight is 235 g/mol. The number of aryl methyl sites for hydroxylation is 1. The van der Waals surface area contributed by atoms with Crippen LogP contribution in [-0.4, -0.2) is 43.2 Å². The summed E-state index contributed by atoms with van der Waals surface area (Å²) in [5, 5.41) is 15.7. The number of aliphatic hydroxyl groups is 1. The number of carbonyl (C=O) groups is 1. The number of nitrogens with one attached hydrogen (secondary N) is 1. The predicted molar refractivity (Wildman–Crippen MR) is 59.5 cm³/mol. The van der Waals surface area contributed by atoms with Gasteiger partial charge in [0.2, 0.25) is 0 Å². The van der Waals surface area contributed by atoms with Gasteiger partial charge < -0.3 is 10.4 Å². The molecule has 7 nitrogen and oxygen atoms in total. The molecule has 0 aliphatic heterocycles. The molecule has 0 radical (unpaired) electrons. The molecule has 2 aromatic rings. The summed E-state index contributed by atoms with van der Waals surface area (Å²) in [5.74, 6) is 0.169. The number of hydrogen-bond donors (Lipinski definition) is 2. The van der Waals surface area contributed by atoms with Gasteiger partial charge in [-0.05, 0) is 13.8 Å². The molecule has 2 rings (SSSR count). The molecular weight excluding hydrogens is 222 g/mol. The maximum Gasteiger partial charge on any atom is 0.254 e. The van der Waals surface area contributed by atoms with Crippen molar-refractivity contribution in [2.24, 2.45) is 0 Å². The molecule has 90 valence electrons. The molecule has 1 atom stereocenters. The minimum Gasteiger partial charge on any atom is -0.392 e. The van der Waals surface area contributed by atoms with Gasteiger partial charge in [0.05, 0.1) is 17.4 Å². The summed E-state index contributed by atoms with van der Waals surface area (Å²) in [7, 11) is 0. The second kappa shape index (κ2) is 4.46. The number of hydrogen-bond acceptors (Lipinski definition) is 5. The molecule has 2 heterocycles. The van der Waals surface area contributed by atoms with Gasteiger partial charge in [0.25, 0.3) is 11.7 Å². The normalized spacial score (nSPS) is 12.6. The predicted octanol–water partition coefficient (Wildman–Crippen LogP) is -0.457. The number of fused-ring (bicyclic) bond motifs is 1. The van der Waals surface area contributed by atoms with Crippen molar-refractivity contribution in [3.05, 3.63) is 23.8 Å². The van der Waals surface area contributed by atoms with Crippen molar-refractivity contribution >= 4 is 11.7 Å². The van der Waals surface area contributed by atoms with Gasteiger partial charge >= 0.3 is 0 Å². The number of rotatable bonds is 3. The molecule has 1 unspecified atom stereocenters. The van der Waals surface area contributed by atoms with Crippen LogP contribution in [0, 0.1) is 6.92 Å². The molecule has 0 aliphatic carbocycles. The van der Waals surface area contributed by atoms with Crippen LogP contribution in [0.15, 0.2) is 12.5 Å². The van der Waals surface area contributed by atoms with Crippen LogP contribution >= 0.6 is 0 Å². The van der Waals surface area contributed by atoms with Crippen LogP contribution in [0.3, 0.4) is 0 Å². The van der Waals surface area contributed by atoms with Crippen LogP contribution < -0.4 is 5.32 Å². The van der Waals surface area contributed by atoms with E-state index in [2.05, 4.69) is 20.4 Å². The van der Waals surface area contributed by atoms with E-state index in [0.29, 0.717) is 17.0 Å². The second-order valence-corrected chi connectivity index (χ2v) is 3.79. The lowest BCUT2D eigenvalue weighted by atomic mass is 10.2. The van der Waals surface area contributed by atoms with Gasteiger partial charge in [-0.3, -0.25) is 4.79 Å². The highest BCUT2D eigenvalue weighted by Gasteiger charge is 2.13. The Kier molecular flexibility index (Phi) is 3.01. The van der Waals surface area contributed by atoms with Gasteiger partial charge in [0, 0.05) is 12.7 Å². The van der Waals surface area contributed by atoms with Crippen molar-refractivity contribution in [2.75, 3.05) is 6.54 Å². The number of amides is 1. The third kappa shape index (κ3) is 2.23. The van der Waals surface area contributed by atoms with E-state index in [1.807, 2.05) is 0 Å². The van der Waals surface area contributed by atoms with Crippen LogP contribution in [0.5, 0.6) is 0 Å². The van der Waals surface area contributed by atoms with E-state index >= 15 is 0 Å². The van der Waals surface area contributed by atoms with Gasteiger partial charge in [-0.25, -0.2) is 9.50 Å². The van der Waals surface area contributed by atoms with Crippen LogP contribution in [0.2, 0.25) is 0 Å². The monoisotopic (exact) mass is 235 g/mol. The molecular formula is C10H13N5O2. The van der Waals surface area contributed by atoms with Crippen LogP contribution in [0.25, 0.3) is 5.78 Å². The number of carbonyl (C=O) groups excluding carboxylic acids is 1. The molecule has 0 aliphatic rings. The zero-order valence-corrected chi connectivity index (χ0v) is 9.58. The zero-order chi connectivity index (χ0) is 12.4. The van der Waals surface area contributed by atoms with Crippen LogP contribution in [0.4, 0.5) is 0 Å². The van der Waals surface area contributed by atoms with Crippen molar-refractivity contribution in [3.63, 3.8) is 0 Å². The minimum absolute atomic E-state index is 0.202. The van der Waals surface area contributed by atoms with Crippen molar-refractivity contribution in [3.8, 4) is 0 Å². The minimum atomic E-state index is -0.581. The molecule has 0 bridgehead atoms. The molecule has 0 aromatic carbocycles. The first-order valence-corrected chi connectivity index (χ1v) is 5.21. The molecule has 7 heteroatoms. The summed E-state index contributed by atoms with van der Waals surface area (Å²) < 4.78 is 1.50. The Hall–Kier alpha value is -2.02. The average Bonchev–Trinajstić information content (AvgIpc) is 2.75. The Labute approximate surface area is 97.5 Å². The summed E-state index contributed by atoms with van der Waals surface area (Å²) in [5.41, 5.74) is 1.08. The fourth-order valence-corrected chi connectivity index (χ4v) is 1.45. The van der Waals surface area contributed by atoms with E-state index < -0.39 is 6.10 Å². The maximum atomic E-state index is 11.8. The van der Waals surface area contributed by atoms with Gasteiger partial charge in [-0.2, -0.15) is 10.1 Å². The number of nitrogens with zero attached hydrogens (tertiary/aromatic N) is 4. The molecule has 2 aromatic heterocycles. The Balaban J connectivity index is 2.29. The first-order chi connectivity index (χ1) is 8.09. The van der Waals surface area contributed by atoms with E-state index in [4.69, 9.17) is 5.11 Å². The molecule has 0 fully saturated rings. The largest absolute Gasteiger partial charge is 0.392 e. The lowest BCUT2D eigenvalue weighted by molar-refractivity contribution is 0.0922. The zero-order valence-electron chi connectivity index (χ0n) is 9.58. The fourth-order valence-electron chi connectivity index (χ4n) is 1.45. The lowest BCUT2D eigenvalue weighted by Gasteiger charge is -2.09. The van der Waals surface area contributed by atoms with Crippen LogP contribution in [-0.2, 0) is 0 Å². The number of aliphatic hydroxyl groups excluding tert-OH is 1. The van der Waals surface area contributed by atoms with E-state index in [1.165, 1.54) is 17.0 Å². The Morgan fingerprint density at radius 1 is 1.59 bits per heavy atom. The van der Waals surface area contributed by atoms with E-state index in [9.17, 15) is 4.79 Å². The van der Waals surface area contributed by atoms with Gasteiger partial charge in [-0.1, -0.05) is 0 Å². The van der Waals surface area contributed by atoms with Crippen LogP contribution in [0.1, 0.15) is 23.0 Å². The number of aromatic nitrogens is 4. The summed E-state index contributed by atoms with van der Waals surface area (Å²) >= 11 is 0. The standard InChI is InChI=1S/C10H13N5O2/c1-6(16)3-11-9(17)8-4-12-10-13-5-14-15(10)7(8)2/h4-6,16H,3H2,1-2H3,(H,11,17). The second-order valence-electron chi connectivity index (χ2n) is 3.79. The lowest BCUT2D eigenvalue weighted by Crippen LogP contribution is -2.31. The topological polar surface area (TPSA) is 92.4 Å². The highest BCUT2D eigenvalue weighted by atomic mass is 16.3. The molecule has 0 saturated heterocycles. The first-order valence-electron chi connectivity index (χ1n) is 5.21. The summed E-state index contributed by atoms with van der Waals surface area (Å²) in [4.78, 5) is 19.8. The summed E-state index contributed by atoms with van der Waals surface area (Å²) in [6, 6.07) is 0. The molecule has 17 heavy (non-hydrogen) atoms. The van der Waals surface area contributed by atoms with E-state index in [1.54, 1.807) is 13.8 Å². The third-order valence-corrected chi connectivity index (χ3v) is 2.35. The van der Waals surface area contributed by atoms with E-state index in [0.717, 1.165) is 0 Å². The molecule has 1 amide bonds. The Morgan fingerprint density at radius 2 is 2.35 bits per heavy atom. The van der Waals surface area contributed by atoms with Crippen molar-refractivity contribution in [1.29, 1.82) is 0 Å². The highest BCUT2D eigenvalue weighted by Crippen LogP contribution is 2.07.